The van der Waals surface area contributed by atoms with Gasteiger partial charge in [-0.1, -0.05) is 27.7 Å². The van der Waals surface area contributed by atoms with Gasteiger partial charge in [0.15, 0.2) is 5.69 Å². The van der Waals surface area contributed by atoms with Crippen LogP contribution < -0.4 is 5.73 Å². The van der Waals surface area contributed by atoms with Crippen molar-refractivity contribution >= 4 is 11.6 Å². The summed E-state index contributed by atoms with van der Waals surface area (Å²) in [5, 5.41) is 0. The number of anilines is 1. The molecule has 0 aliphatic carbocycles. The number of nitrogens with two attached hydrogens (primary N) is 1. The molecule has 0 atom stereocenters. The van der Waals surface area contributed by atoms with Gasteiger partial charge in [0.1, 0.15) is 0 Å². The number of aromatic nitrogens is 1. The summed E-state index contributed by atoms with van der Waals surface area (Å²) >= 11 is 0. The molecule has 100 valence electrons. The van der Waals surface area contributed by atoms with E-state index in [2.05, 4.69) is 32.7 Å². The summed E-state index contributed by atoms with van der Waals surface area (Å²) in [4.78, 5) is 18.4. The standard InChI is InChI=1S/C14H23N3O/c1-10(2)8-17(9-11(3)4)14(18)13-12(15)6-5-7-16-13/h5-7,10-11H,8-9,15H2,1-4H3. The maximum absolute atomic E-state index is 12.4. The number of carbonyl (C=O) groups is 1. The summed E-state index contributed by atoms with van der Waals surface area (Å²) in [6, 6.07) is 3.45. The van der Waals surface area contributed by atoms with Crippen LogP contribution in [-0.2, 0) is 0 Å². The van der Waals surface area contributed by atoms with Crippen LogP contribution in [0.3, 0.4) is 0 Å². The van der Waals surface area contributed by atoms with E-state index in [-0.39, 0.29) is 5.91 Å². The van der Waals surface area contributed by atoms with Gasteiger partial charge in [-0.2, -0.15) is 0 Å². The molecule has 0 aliphatic heterocycles. The van der Waals surface area contributed by atoms with Crippen molar-refractivity contribution in [3.8, 4) is 0 Å². The monoisotopic (exact) mass is 249 g/mol. The Morgan fingerprint density at radius 3 is 2.28 bits per heavy atom. The lowest BCUT2D eigenvalue weighted by molar-refractivity contribution is 0.0710. The van der Waals surface area contributed by atoms with E-state index in [9.17, 15) is 4.79 Å². The van der Waals surface area contributed by atoms with E-state index in [1.54, 1.807) is 18.3 Å². The van der Waals surface area contributed by atoms with E-state index >= 15 is 0 Å². The van der Waals surface area contributed by atoms with E-state index in [4.69, 9.17) is 5.73 Å². The number of rotatable bonds is 5. The maximum Gasteiger partial charge on any atom is 0.274 e. The van der Waals surface area contributed by atoms with Gasteiger partial charge in [-0.05, 0) is 24.0 Å². The van der Waals surface area contributed by atoms with Crippen molar-refractivity contribution in [1.82, 2.24) is 9.88 Å². The quantitative estimate of drug-likeness (QED) is 0.871. The van der Waals surface area contributed by atoms with Crippen molar-refractivity contribution < 1.29 is 4.79 Å². The SMILES string of the molecule is CC(C)CN(CC(C)C)C(=O)c1ncccc1N. The lowest BCUT2D eigenvalue weighted by Crippen LogP contribution is -2.37. The van der Waals surface area contributed by atoms with Gasteiger partial charge in [0.05, 0.1) is 5.69 Å². The third kappa shape index (κ3) is 4.02. The molecule has 1 aromatic rings. The Hall–Kier alpha value is -1.58. The number of nitrogens with zero attached hydrogens (tertiary/aromatic N) is 2. The van der Waals surface area contributed by atoms with Gasteiger partial charge in [0.2, 0.25) is 0 Å². The Bertz CT molecular complexity index is 392. The highest BCUT2D eigenvalue weighted by molar-refractivity contribution is 5.97. The highest BCUT2D eigenvalue weighted by atomic mass is 16.2. The summed E-state index contributed by atoms with van der Waals surface area (Å²) in [6.45, 7) is 9.86. The molecule has 0 radical (unpaired) electrons. The zero-order valence-corrected chi connectivity index (χ0v) is 11.7. The second-order valence-corrected chi connectivity index (χ2v) is 5.44. The summed E-state index contributed by atoms with van der Waals surface area (Å²) in [7, 11) is 0. The number of pyridine rings is 1. The average molecular weight is 249 g/mol. The molecule has 1 aromatic heterocycles. The lowest BCUT2D eigenvalue weighted by Gasteiger charge is -2.26. The van der Waals surface area contributed by atoms with Crippen LogP contribution in [0.1, 0.15) is 38.2 Å². The van der Waals surface area contributed by atoms with Crippen LogP contribution in [0.15, 0.2) is 18.3 Å². The van der Waals surface area contributed by atoms with Gasteiger partial charge < -0.3 is 10.6 Å². The smallest absolute Gasteiger partial charge is 0.274 e. The van der Waals surface area contributed by atoms with Gasteiger partial charge in [-0.25, -0.2) is 4.98 Å². The van der Waals surface area contributed by atoms with Gasteiger partial charge in [-0.3, -0.25) is 4.79 Å². The Morgan fingerprint density at radius 2 is 1.83 bits per heavy atom. The highest BCUT2D eigenvalue weighted by Gasteiger charge is 2.20. The summed E-state index contributed by atoms with van der Waals surface area (Å²) in [6.07, 6.45) is 1.60. The third-order valence-corrected chi connectivity index (χ3v) is 2.50. The molecule has 4 nitrogen and oxygen atoms in total. The van der Waals surface area contributed by atoms with Gasteiger partial charge in [0, 0.05) is 19.3 Å². The first-order valence-electron chi connectivity index (χ1n) is 6.41. The predicted molar refractivity (Wildman–Crippen MR) is 74.2 cm³/mol. The number of amides is 1. The second kappa shape index (κ2) is 6.38. The molecule has 0 fully saturated rings. The molecule has 0 spiro atoms. The molecule has 0 saturated heterocycles. The number of nitrogen functional groups attached to an aromatic ring is 1. The predicted octanol–water partition coefficient (Wildman–Crippen LogP) is 2.42. The van der Waals surface area contributed by atoms with E-state index in [1.165, 1.54) is 0 Å². The molecule has 0 saturated carbocycles. The average Bonchev–Trinajstić information content (AvgIpc) is 2.26. The van der Waals surface area contributed by atoms with Gasteiger partial charge >= 0.3 is 0 Å². The van der Waals surface area contributed by atoms with Crippen molar-refractivity contribution in [2.24, 2.45) is 11.8 Å². The van der Waals surface area contributed by atoms with Crippen molar-refractivity contribution in [2.75, 3.05) is 18.8 Å². The van der Waals surface area contributed by atoms with Crippen LogP contribution in [-0.4, -0.2) is 28.9 Å². The highest BCUT2D eigenvalue weighted by Crippen LogP contribution is 2.13. The van der Waals surface area contributed by atoms with Crippen LogP contribution in [0.2, 0.25) is 0 Å². The molecule has 0 aromatic carbocycles. The van der Waals surface area contributed by atoms with Crippen molar-refractivity contribution in [1.29, 1.82) is 0 Å². The second-order valence-electron chi connectivity index (χ2n) is 5.44. The summed E-state index contributed by atoms with van der Waals surface area (Å²) < 4.78 is 0. The molecule has 1 amide bonds. The summed E-state index contributed by atoms with van der Waals surface area (Å²) in [5.41, 5.74) is 6.62. The Kier molecular flexibility index (Phi) is 5.13. The maximum atomic E-state index is 12.4. The largest absolute Gasteiger partial charge is 0.397 e. The molecule has 1 heterocycles. The summed E-state index contributed by atoms with van der Waals surface area (Å²) in [5.74, 6) is 0.783. The number of hydrogen-bond donors (Lipinski definition) is 1. The normalized spacial score (nSPS) is 11.0. The zero-order valence-electron chi connectivity index (χ0n) is 11.7. The molecule has 18 heavy (non-hydrogen) atoms. The van der Waals surface area contributed by atoms with Crippen molar-refractivity contribution in [2.45, 2.75) is 27.7 Å². The topological polar surface area (TPSA) is 59.2 Å². The van der Waals surface area contributed by atoms with E-state index in [0.29, 0.717) is 23.2 Å². The van der Waals surface area contributed by atoms with E-state index in [1.807, 2.05) is 4.90 Å². The molecule has 0 unspecified atom stereocenters. The Balaban J connectivity index is 2.91. The first-order valence-corrected chi connectivity index (χ1v) is 6.41. The van der Waals surface area contributed by atoms with Crippen LogP contribution in [0.4, 0.5) is 5.69 Å². The molecule has 1 rings (SSSR count). The van der Waals surface area contributed by atoms with Crippen LogP contribution in [0.5, 0.6) is 0 Å². The van der Waals surface area contributed by atoms with Crippen molar-refractivity contribution in [3.05, 3.63) is 24.0 Å². The Labute approximate surface area is 109 Å². The third-order valence-electron chi connectivity index (χ3n) is 2.50. The van der Waals surface area contributed by atoms with E-state index in [0.717, 1.165) is 13.1 Å². The fourth-order valence-corrected chi connectivity index (χ4v) is 1.87. The van der Waals surface area contributed by atoms with Gasteiger partial charge in [0.25, 0.3) is 5.91 Å². The Morgan fingerprint density at radius 1 is 1.28 bits per heavy atom. The molecular formula is C14H23N3O. The van der Waals surface area contributed by atoms with E-state index < -0.39 is 0 Å². The fraction of sp³-hybridized carbons (Fsp3) is 0.571. The number of hydrogen-bond acceptors (Lipinski definition) is 3. The molecule has 2 N–H and O–H groups in total. The first-order chi connectivity index (χ1) is 8.41. The molecule has 4 heteroatoms. The van der Waals surface area contributed by atoms with Crippen molar-refractivity contribution in [3.63, 3.8) is 0 Å². The number of carbonyl (C=O) groups excluding carboxylic acids is 1. The van der Waals surface area contributed by atoms with Gasteiger partial charge in [-0.15, -0.1) is 0 Å². The van der Waals surface area contributed by atoms with Crippen LogP contribution >= 0.6 is 0 Å². The van der Waals surface area contributed by atoms with Crippen LogP contribution in [0.25, 0.3) is 0 Å². The molecular weight excluding hydrogens is 226 g/mol. The minimum absolute atomic E-state index is 0.0736. The minimum atomic E-state index is -0.0736. The zero-order chi connectivity index (χ0) is 13.7. The molecule has 0 bridgehead atoms. The molecule has 0 aliphatic rings. The fourth-order valence-electron chi connectivity index (χ4n) is 1.87. The first kappa shape index (κ1) is 14.5. The van der Waals surface area contributed by atoms with Crippen LogP contribution in [0, 0.1) is 11.8 Å². The lowest BCUT2D eigenvalue weighted by atomic mass is 10.1. The minimum Gasteiger partial charge on any atom is -0.397 e.